The van der Waals surface area contributed by atoms with E-state index in [0.717, 1.165) is 0 Å². The Morgan fingerprint density at radius 3 is 1.81 bits per heavy atom. The second-order valence-corrected chi connectivity index (χ2v) is 5.32. The van der Waals surface area contributed by atoms with E-state index in [1.54, 1.807) is 12.2 Å². The smallest absolute Gasteiger partial charge is 0.323 e. The predicted octanol–water partition coefficient (Wildman–Crippen LogP) is -0.493. The molecule has 8 heteroatoms. The molecule has 114 valence electrons. The monoisotopic (exact) mass is 297 g/mol. The second-order valence-electron chi connectivity index (χ2n) is 5.32. The van der Waals surface area contributed by atoms with Crippen LogP contribution in [0.2, 0.25) is 0 Å². The maximum Gasteiger partial charge on any atom is 0.323 e. The van der Waals surface area contributed by atoms with Crippen molar-refractivity contribution in [2.45, 2.75) is 6.42 Å². The summed E-state index contributed by atoms with van der Waals surface area (Å²) in [5, 5.41) is 26.8. The van der Waals surface area contributed by atoms with Gasteiger partial charge in [-0.05, 0) is 18.3 Å². The standard InChI is InChI=1S/C13H15NO7/c15-8(16)4-14(5-9(17)18)12(19)10-6-1-2-7(3-6)11(10)13(20)21/h1-2,6-7,10-11H,3-5H2,(H,15,16)(H,17,18)(H,20,21)/t6-,7-,10+,11-/m0/s1. The fourth-order valence-electron chi connectivity index (χ4n) is 3.24. The van der Waals surface area contributed by atoms with E-state index in [1.165, 1.54) is 0 Å². The van der Waals surface area contributed by atoms with Crippen molar-refractivity contribution in [3.05, 3.63) is 12.2 Å². The number of carboxylic acid groups (broad SMARTS) is 3. The molecule has 2 aliphatic rings. The van der Waals surface area contributed by atoms with Crippen LogP contribution < -0.4 is 0 Å². The van der Waals surface area contributed by atoms with Crippen LogP contribution in [0.4, 0.5) is 0 Å². The van der Waals surface area contributed by atoms with Crippen LogP contribution in [0, 0.1) is 23.7 Å². The molecule has 0 spiro atoms. The van der Waals surface area contributed by atoms with Gasteiger partial charge in [0.15, 0.2) is 0 Å². The zero-order valence-electron chi connectivity index (χ0n) is 11.0. The highest BCUT2D eigenvalue weighted by molar-refractivity contribution is 5.90. The highest BCUT2D eigenvalue weighted by atomic mass is 16.4. The summed E-state index contributed by atoms with van der Waals surface area (Å²) in [7, 11) is 0. The molecule has 21 heavy (non-hydrogen) atoms. The topological polar surface area (TPSA) is 132 Å². The van der Waals surface area contributed by atoms with Crippen molar-refractivity contribution in [1.29, 1.82) is 0 Å². The van der Waals surface area contributed by atoms with Crippen LogP contribution in [0.5, 0.6) is 0 Å². The van der Waals surface area contributed by atoms with Crippen molar-refractivity contribution in [1.82, 2.24) is 4.90 Å². The summed E-state index contributed by atoms with van der Waals surface area (Å²) >= 11 is 0. The van der Waals surface area contributed by atoms with E-state index in [-0.39, 0.29) is 11.8 Å². The van der Waals surface area contributed by atoms with Gasteiger partial charge in [0.2, 0.25) is 5.91 Å². The van der Waals surface area contributed by atoms with Gasteiger partial charge in [-0.15, -0.1) is 0 Å². The number of carboxylic acids is 3. The normalized spacial score (nSPS) is 29.3. The van der Waals surface area contributed by atoms with E-state index in [2.05, 4.69) is 0 Å². The zero-order chi connectivity index (χ0) is 15.7. The summed E-state index contributed by atoms with van der Waals surface area (Å²) in [4.78, 5) is 46.0. The van der Waals surface area contributed by atoms with Crippen LogP contribution in [0.3, 0.4) is 0 Å². The maximum atomic E-state index is 12.4. The number of amides is 1. The molecule has 0 heterocycles. The van der Waals surface area contributed by atoms with E-state index in [1.807, 2.05) is 0 Å². The van der Waals surface area contributed by atoms with Gasteiger partial charge in [0.1, 0.15) is 13.1 Å². The lowest BCUT2D eigenvalue weighted by atomic mass is 9.82. The van der Waals surface area contributed by atoms with E-state index >= 15 is 0 Å². The Morgan fingerprint density at radius 2 is 1.38 bits per heavy atom. The quantitative estimate of drug-likeness (QED) is 0.563. The third-order valence-corrected chi connectivity index (χ3v) is 3.99. The van der Waals surface area contributed by atoms with E-state index < -0.39 is 48.7 Å². The Bertz CT molecular complexity index is 511. The zero-order valence-corrected chi connectivity index (χ0v) is 11.0. The van der Waals surface area contributed by atoms with Gasteiger partial charge in [0, 0.05) is 0 Å². The van der Waals surface area contributed by atoms with E-state index in [0.29, 0.717) is 11.3 Å². The van der Waals surface area contributed by atoms with Gasteiger partial charge < -0.3 is 20.2 Å². The van der Waals surface area contributed by atoms with Gasteiger partial charge in [-0.25, -0.2) is 0 Å². The molecule has 0 aromatic heterocycles. The van der Waals surface area contributed by atoms with Crippen LogP contribution in [-0.2, 0) is 19.2 Å². The molecular formula is C13H15NO7. The van der Waals surface area contributed by atoms with Gasteiger partial charge >= 0.3 is 17.9 Å². The van der Waals surface area contributed by atoms with E-state index in [9.17, 15) is 24.3 Å². The average Bonchev–Trinajstić information content (AvgIpc) is 2.95. The summed E-state index contributed by atoms with van der Waals surface area (Å²) < 4.78 is 0. The van der Waals surface area contributed by atoms with Gasteiger partial charge in [0.25, 0.3) is 0 Å². The molecule has 0 aromatic rings. The molecule has 1 fully saturated rings. The summed E-state index contributed by atoms with van der Waals surface area (Å²) in [6, 6.07) is 0. The molecule has 2 bridgehead atoms. The van der Waals surface area contributed by atoms with Crippen LogP contribution in [0.25, 0.3) is 0 Å². The summed E-state index contributed by atoms with van der Waals surface area (Å²) in [6.45, 7) is -1.51. The minimum absolute atomic E-state index is 0.252. The maximum absolute atomic E-state index is 12.4. The SMILES string of the molecule is O=C(O)CN(CC(=O)O)C(=O)[C@H]1[C@@H](C(=O)O)[C@H]2C=C[C@H]1C2. The number of hydrogen-bond acceptors (Lipinski definition) is 4. The molecule has 8 nitrogen and oxygen atoms in total. The van der Waals surface area contributed by atoms with Crippen LogP contribution >= 0.6 is 0 Å². The van der Waals surface area contributed by atoms with Crippen LogP contribution in [0.1, 0.15) is 6.42 Å². The van der Waals surface area contributed by atoms with Gasteiger partial charge in [-0.2, -0.15) is 0 Å². The molecule has 0 aliphatic heterocycles. The summed E-state index contributed by atoms with van der Waals surface area (Å²) in [5.74, 6) is -6.84. The Kier molecular flexibility index (Phi) is 3.97. The largest absolute Gasteiger partial charge is 0.481 e. The number of aliphatic carboxylic acids is 3. The molecule has 0 unspecified atom stereocenters. The molecule has 2 rings (SSSR count). The van der Waals surface area contributed by atoms with Crippen molar-refractivity contribution < 1.29 is 34.5 Å². The number of fused-ring (bicyclic) bond motifs is 2. The lowest BCUT2D eigenvalue weighted by molar-refractivity contribution is -0.155. The predicted molar refractivity (Wildman–Crippen MR) is 67.2 cm³/mol. The van der Waals surface area contributed by atoms with Crippen molar-refractivity contribution in [3.8, 4) is 0 Å². The first kappa shape index (κ1) is 15.0. The highest BCUT2D eigenvalue weighted by Crippen LogP contribution is 2.48. The average molecular weight is 297 g/mol. The lowest BCUT2D eigenvalue weighted by Gasteiger charge is -2.29. The van der Waals surface area contributed by atoms with Crippen LogP contribution in [-0.4, -0.2) is 57.1 Å². The highest BCUT2D eigenvalue weighted by Gasteiger charge is 2.52. The molecule has 1 amide bonds. The Labute approximate surface area is 119 Å². The van der Waals surface area contributed by atoms with Crippen molar-refractivity contribution >= 4 is 23.8 Å². The fraction of sp³-hybridized carbons (Fsp3) is 0.538. The minimum Gasteiger partial charge on any atom is -0.481 e. The van der Waals surface area contributed by atoms with E-state index in [4.69, 9.17) is 10.2 Å². The number of rotatable bonds is 6. The number of allylic oxidation sites excluding steroid dienone is 2. The Morgan fingerprint density at radius 1 is 0.905 bits per heavy atom. The molecule has 1 saturated carbocycles. The molecule has 0 saturated heterocycles. The molecule has 0 radical (unpaired) electrons. The fourth-order valence-corrected chi connectivity index (χ4v) is 3.24. The third-order valence-electron chi connectivity index (χ3n) is 3.99. The second kappa shape index (κ2) is 5.55. The lowest BCUT2D eigenvalue weighted by Crippen LogP contribution is -2.46. The van der Waals surface area contributed by atoms with Gasteiger partial charge in [-0.1, -0.05) is 12.2 Å². The summed E-state index contributed by atoms with van der Waals surface area (Å²) in [5.41, 5.74) is 0. The molecule has 3 N–H and O–H groups in total. The van der Waals surface area contributed by atoms with Crippen molar-refractivity contribution in [2.75, 3.05) is 13.1 Å². The first-order valence-corrected chi connectivity index (χ1v) is 6.44. The van der Waals surface area contributed by atoms with Crippen molar-refractivity contribution in [2.24, 2.45) is 23.7 Å². The van der Waals surface area contributed by atoms with Gasteiger partial charge in [0.05, 0.1) is 11.8 Å². The third kappa shape index (κ3) is 2.88. The molecule has 0 aromatic carbocycles. The number of hydrogen-bond donors (Lipinski definition) is 3. The summed E-state index contributed by atoms with van der Waals surface area (Å²) in [6.07, 6.45) is 4.04. The molecule has 2 aliphatic carbocycles. The Balaban J connectivity index is 2.22. The molecule has 4 atom stereocenters. The van der Waals surface area contributed by atoms with Crippen LogP contribution in [0.15, 0.2) is 12.2 Å². The first-order valence-electron chi connectivity index (χ1n) is 6.44. The van der Waals surface area contributed by atoms with Crippen molar-refractivity contribution in [3.63, 3.8) is 0 Å². The minimum atomic E-state index is -1.34. The number of carbonyl (C=O) groups excluding carboxylic acids is 1. The Hall–Kier alpha value is -2.38. The molecular weight excluding hydrogens is 282 g/mol. The number of carbonyl (C=O) groups is 4. The van der Waals surface area contributed by atoms with Gasteiger partial charge in [-0.3, -0.25) is 19.2 Å². The number of nitrogens with zero attached hydrogens (tertiary/aromatic N) is 1. The first-order chi connectivity index (χ1) is 9.81.